The van der Waals surface area contributed by atoms with Crippen molar-refractivity contribution in [3.8, 4) is 0 Å². The van der Waals surface area contributed by atoms with Gasteiger partial charge in [-0.2, -0.15) is 0 Å². The molecular formula is C46H74. The van der Waals surface area contributed by atoms with E-state index in [1.165, 1.54) is 194 Å². The maximum absolute atomic E-state index is 4.49. The highest BCUT2D eigenvalue weighted by Gasteiger charge is 2.27. The lowest BCUT2D eigenvalue weighted by Gasteiger charge is -2.20. The topological polar surface area (TPSA) is 0 Å². The lowest BCUT2D eigenvalue weighted by molar-refractivity contribution is 0.383. The van der Waals surface area contributed by atoms with E-state index in [1.807, 2.05) is 0 Å². The Morgan fingerprint density at radius 3 is 1.98 bits per heavy atom. The molecule has 0 radical (unpaired) electrons. The number of rotatable bonds is 28. The van der Waals surface area contributed by atoms with Crippen LogP contribution in [0.5, 0.6) is 0 Å². The van der Waals surface area contributed by atoms with Gasteiger partial charge in [-0.25, -0.2) is 0 Å². The van der Waals surface area contributed by atoms with E-state index in [9.17, 15) is 0 Å². The second-order valence-corrected chi connectivity index (χ2v) is 15.2. The molecule has 1 aliphatic rings. The van der Waals surface area contributed by atoms with Crippen molar-refractivity contribution in [2.45, 2.75) is 201 Å². The third kappa shape index (κ3) is 13.7. The molecule has 2 unspecified atom stereocenters. The summed E-state index contributed by atoms with van der Waals surface area (Å²) in [6.45, 7) is 13.8. The average molecular weight is 627 g/mol. The fourth-order valence-corrected chi connectivity index (χ4v) is 8.31. The van der Waals surface area contributed by atoms with E-state index < -0.39 is 0 Å². The second kappa shape index (κ2) is 23.5. The van der Waals surface area contributed by atoms with Crippen LogP contribution in [0.3, 0.4) is 0 Å². The fraction of sp³-hybridized carbons (Fsp3) is 0.696. The lowest BCUT2D eigenvalue weighted by atomic mass is 9.84. The van der Waals surface area contributed by atoms with Gasteiger partial charge in [0.2, 0.25) is 0 Å². The molecule has 1 aliphatic carbocycles. The van der Waals surface area contributed by atoms with Gasteiger partial charge in [-0.15, -0.1) is 0 Å². The smallest absolute Gasteiger partial charge is 0.00636 e. The van der Waals surface area contributed by atoms with Crippen LogP contribution in [0, 0.1) is 12.8 Å². The minimum absolute atomic E-state index is 0.632. The number of fused-ring (bicyclic) bond motifs is 3. The molecular weight excluding hydrogens is 553 g/mol. The molecule has 0 heteroatoms. The Morgan fingerprint density at radius 1 is 0.652 bits per heavy atom. The summed E-state index contributed by atoms with van der Waals surface area (Å²) in [5.41, 5.74) is 7.86. The van der Waals surface area contributed by atoms with Crippen molar-refractivity contribution in [3.63, 3.8) is 0 Å². The maximum atomic E-state index is 4.49. The molecule has 2 atom stereocenters. The van der Waals surface area contributed by atoms with Crippen LogP contribution in [0.2, 0.25) is 0 Å². The van der Waals surface area contributed by atoms with Gasteiger partial charge < -0.3 is 0 Å². The summed E-state index contributed by atoms with van der Waals surface area (Å²) in [6, 6.07) is 11.5. The molecule has 258 valence electrons. The third-order valence-electron chi connectivity index (χ3n) is 11.1. The number of allylic oxidation sites excluding steroid dienone is 2. The van der Waals surface area contributed by atoms with Crippen LogP contribution in [-0.2, 0) is 0 Å². The summed E-state index contributed by atoms with van der Waals surface area (Å²) < 4.78 is 0. The molecule has 0 nitrogen and oxygen atoms in total. The van der Waals surface area contributed by atoms with Crippen molar-refractivity contribution in [2.75, 3.05) is 0 Å². The zero-order valence-corrected chi connectivity index (χ0v) is 31.2. The standard InChI is InChI=1S/C46H74/c1-6-9-11-12-13-14-15-16-19-22-30-40(27-8-3)31-26-29-38(4)28-21-18-17-20-23-34-44-42(32-10-7-2)37-45-39(5)36-41-33-24-25-35-43(41)46(44)45/h24-25,33,35-37,40,44H,4,6-23,26-32,34H2,1-3,5H3. The lowest BCUT2D eigenvalue weighted by Crippen LogP contribution is -2.02. The van der Waals surface area contributed by atoms with Gasteiger partial charge in [0.05, 0.1) is 0 Å². The van der Waals surface area contributed by atoms with Gasteiger partial charge in [0.15, 0.2) is 0 Å². The van der Waals surface area contributed by atoms with E-state index in [4.69, 9.17) is 0 Å². The first-order valence-electron chi connectivity index (χ1n) is 20.5. The first-order chi connectivity index (χ1) is 22.6. The zero-order valence-electron chi connectivity index (χ0n) is 31.2. The SMILES string of the molecule is C=C(CCCCCCCC1C(CCCC)=Cc2c(C)cc3ccccc3c21)CCCC(CCC)CCCCCCCCCCCC. The van der Waals surface area contributed by atoms with Crippen LogP contribution in [0.15, 0.2) is 48.1 Å². The van der Waals surface area contributed by atoms with Crippen molar-refractivity contribution >= 4 is 16.8 Å². The van der Waals surface area contributed by atoms with Crippen molar-refractivity contribution in [2.24, 2.45) is 5.92 Å². The molecule has 0 aliphatic heterocycles. The highest BCUT2D eigenvalue weighted by atomic mass is 14.3. The Bertz CT molecular complexity index is 1130. The first kappa shape index (κ1) is 38.6. The van der Waals surface area contributed by atoms with Crippen molar-refractivity contribution in [3.05, 3.63) is 64.7 Å². The van der Waals surface area contributed by atoms with E-state index in [0.29, 0.717) is 5.92 Å². The summed E-state index contributed by atoms with van der Waals surface area (Å²) in [7, 11) is 0. The minimum atomic E-state index is 0.632. The molecule has 0 spiro atoms. The summed E-state index contributed by atoms with van der Waals surface area (Å²) in [4.78, 5) is 0. The molecule has 46 heavy (non-hydrogen) atoms. The number of unbranched alkanes of at least 4 members (excludes halogenated alkanes) is 14. The summed E-state index contributed by atoms with van der Waals surface area (Å²) >= 11 is 0. The van der Waals surface area contributed by atoms with Gasteiger partial charge in [-0.1, -0.05) is 197 Å². The molecule has 3 rings (SSSR count). The number of benzene rings is 2. The maximum Gasteiger partial charge on any atom is 0.00636 e. The summed E-state index contributed by atoms with van der Waals surface area (Å²) in [5, 5.41) is 2.92. The first-order valence-corrected chi connectivity index (χ1v) is 20.5. The van der Waals surface area contributed by atoms with Crippen LogP contribution in [-0.4, -0.2) is 0 Å². The number of hydrogen-bond donors (Lipinski definition) is 0. The quantitative estimate of drug-likeness (QED) is 0.0651. The van der Waals surface area contributed by atoms with Gasteiger partial charge in [0.25, 0.3) is 0 Å². The predicted octanol–water partition coefficient (Wildman–Crippen LogP) is 16.0. The van der Waals surface area contributed by atoms with Gasteiger partial charge in [-0.05, 0) is 85.3 Å². The highest BCUT2D eigenvalue weighted by Crippen LogP contribution is 2.46. The van der Waals surface area contributed by atoms with Gasteiger partial charge in [0, 0.05) is 5.92 Å². The van der Waals surface area contributed by atoms with Crippen LogP contribution < -0.4 is 0 Å². The van der Waals surface area contributed by atoms with Gasteiger partial charge >= 0.3 is 0 Å². The molecule has 0 heterocycles. The highest BCUT2D eigenvalue weighted by molar-refractivity contribution is 5.93. The van der Waals surface area contributed by atoms with E-state index in [0.717, 1.165) is 5.92 Å². The number of aryl methyl sites for hydroxylation is 1. The third-order valence-corrected chi connectivity index (χ3v) is 11.1. The van der Waals surface area contributed by atoms with Gasteiger partial charge in [-0.3, -0.25) is 0 Å². The van der Waals surface area contributed by atoms with E-state index >= 15 is 0 Å². The molecule has 0 amide bonds. The van der Waals surface area contributed by atoms with Crippen molar-refractivity contribution in [1.29, 1.82) is 0 Å². The molecule has 0 saturated heterocycles. The zero-order chi connectivity index (χ0) is 32.8. The minimum Gasteiger partial charge on any atom is -0.0999 e. The Kier molecular flexibility index (Phi) is 19.7. The Hall–Kier alpha value is -1.82. The van der Waals surface area contributed by atoms with E-state index in [1.54, 1.807) is 11.1 Å². The average Bonchev–Trinajstić information content (AvgIpc) is 3.43. The molecule has 0 fully saturated rings. The molecule has 2 aromatic carbocycles. The predicted molar refractivity (Wildman–Crippen MR) is 209 cm³/mol. The van der Waals surface area contributed by atoms with Crippen molar-refractivity contribution < 1.29 is 0 Å². The molecule has 0 aromatic heterocycles. The van der Waals surface area contributed by atoms with Crippen molar-refractivity contribution in [1.82, 2.24) is 0 Å². The molecule has 0 N–H and O–H groups in total. The second-order valence-electron chi connectivity index (χ2n) is 15.2. The summed E-state index contributed by atoms with van der Waals surface area (Å²) in [6.07, 6.45) is 38.6. The van der Waals surface area contributed by atoms with Crippen LogP contribution in [0.1, 0.15) is 210 Å². The monoisotopic (exact) mass is 627 g/mol. The Morgan fingerprint density at radius 2 is 1.26 bits per heavy atom. The normalized spacial score (nSPS) is 15.0. The Labute approximate surface area is 287 Å². The molecule has 2 aromatic rings. The van der Waals surface area contributed by atoms with Gasteiger partial charge in [0.1, 0.15) is 0 Å². The van der Waals surface area contributed by atoms with Crippen LogP contribution in [0.4, 0.5) is 0 Å². The van der Waals surface area contributed by atoms with Crippen LogP contribution in [0.25, 0.3) is 16.8 Å². The number of hydrogen-bond acceptors (Lipinski definition) is 0. The summed E-state index contributed by atoms with van der Waals surface area (Å²) in [5.74, 6) is 1.59. The largest absolute Gasteiger partial charge is 0.0999 e. The molecule has 0 bridgehead atoms. The van der Waals surface area contributed by atoms with Crippen LogP contribution >= 0.6 is 0 Å². The molecule has 0 saturated carbocycles. The fourth-order valence-electron chi connectivity index (χ4n) is 8.31. The Balaban J connectivity index is 1.26. The van der Waals surface area contributed by atoms with E-state index in [2.05, 4.69) is 70.7 Å². The van der Waals surface area contributed by atoms with E-state index in [-0.39, 0.29) is 0 Å².